The molecule has 0 unspecified atom stereocenters. The second-order valence-corrected chi connectivity index (χ2v) is 6.68. The van der Waals surface area contributed by atoms with E-state index >= 15 is 0 Å². The molecule has 0 atom stereocenters. The number of amides is 1. The third-order valence-electron chi connectivity index (χ3n) is 3.67. The molecule has 0 aliphatic heterocycles. The number of anilines is 1. The maximum absolute atomic E-state index is 12.0. The van der Waals surface area contributed by atoms with E-state index in [1.54, 1.807) is 0 Å². The largest absolute Gasteiger partial charge is 0.494 e. The molecule has 0 radical (unpaired) electrons. The van der Waals surface area contributed by atoms with Gasteiger partial charge in [0.15, 0.2) is 5.13 Å². The molecular formula is C18H26N2O2S. The molecule has 1 aromatic heterocycles. The van der Waals surface area contributed by atoms with Crippen LogP contribution in [-0.4, -0.2) is 17.5 Å². The monoisotopic (exact) mass is 334 g/mol. The van der Waals surface area contributed by atoms with Gasteiger partial charge in [0.2, 0.25) is 5.91 Å². The molecule has 2 rings (SSSR count). The van der Waals surface area contributed by atoms with Crippen LogP contribution < -0.4 is 10.1 Å². The third-order valence-corrected chi connectivity index (χ3v) is 4.61. The Hall–Kier alpha value is -1.62. The minimum atomic E-state index is 0.0598. The summed E-state index contributed by atoms with van der Waals surface area (Å²) in [6, 6.07) is 5.81. The molecule has 0 bridgehead atoms. The fourth-order valence-electron chi connectivity index (χ4n) is 2.46. The van der Waals surface area contributed by atoms with Crippen LogP contribution in [0.15, 0.2) is 18.2 Å². The van der Waals surface area contributed by atoms with E-state index in [2.05, 4.69) is 17.2 Å². The Morgan fingerprint density at radius 3 is 2.74 bits per heavy atom. The zero-order valence-corrected chi connectivity index (χ0v) is 14.9. The van der Waals surface area contributed by atoms with Gasteiger partial charge < -0.3 is 10.1 Å². The van der Waals surface area contributed by atoms with Crippen molar-refractivity contribution in [3.8, 4) is 5.75 Å². The van der Waals surface area contributed by atoms with Gasteiger partial charge in [0.1, 0.15) is 5.75 Å². The zero-order chi connectivity index (χ0) is 16.5. The van der Waals surface area contributed by atoms with E-state index in [0.717, 1.165) is 28.8 Å². The van der Waals surface area contributed by atoms with Crippen LogP contribution in [0, 0.1) is 0 Å². The Morgan fingerprint density at radius 1 is 1.17 bits per heavy atom. The highest BCUT2D eigenvalue weighted by atomic mass is 32.1. The van der Waals surface area contributed by atoms with Crippen LogP contribution in [0.5, 0.6) is 5.75 Å². The van der Waals surface area contributed by atoms with Gasteiger partial charge in [-0.05, 0) is 31.5 Å². The number of unbranched alkanes of at least 4 members (excludes halogenated alkanes) is 5. The van der Waals surface area contributed by atoms with E-state index in [4.69, 9.17) is 4.74 Å². The number of fused-ring (bicyclic) bond motifs is 1. The summed E-state index contributed by atoms with van der Waals surface area (Å²) in [6.45, 7) is 4.82. The maximum Gasteiger partial charge on any atom is 0.226 e. The first-order chi connectivity index (χ1) is 11.2. The van der Waals surface area contributed by atoms with Crippen molar-refractivity contribution in [1.29, 1.82) is 0 Å². The first-order valence-corrected chi connectivity index (χ1v) is 9.37. The summed E-state index contributed by atoms with van der Waals surface area (Å²) in [7, 11) is 0. The van der Waals surface area contributed by atoms with Gasteiger partial charge in [-0.15, -0.1) is 0 Å². The number of nitrogens with zero attached hydrogens (tertiary/aromatic N) is 1. The van der Waals surface area contributed by atoms with E-state index in [1.165, 1.54) is 37.0 Å². The highest BCUT2D eigenvalue weighted by Crippen LogP contribution is 2.29. The Balaban J connectivity index is 1.80. The number of aromatic nitrogens is 1. The van der Waals surface area contributed by atoms with E-state index in [9.17, 15) is 4.79 Å². The number of ether oxygens (including phenoxy) is 1. The van der Waals surface area contributed by atoms with Crippen molar-refractivity contribution in [2.75, 3.05) is 11.9 Å². The van der Waals surface area contributed by atoms with E-state index in [1.807, 2.05) is 25.1 Å². The second-order valence-electron chi connectivity index (χ2n) is 5.65. The summed E-state index contributed by atoms with van der Waals surface area (Å²) in [4.78, 5) is 16.4. The Bertz CT molecular complexity index is 625. The normalized spacial score (nSPS) is 10.9. The van der Waals surface area contributed by atoms with E-state index in [-0.39, 0.29) is 5.91 Å². The molecule has 4 nitrogen and oxygen atoms in total. The first-order valence-electron chi connectivity index (χ1n) is 8.56. The van der Waals surface area contributed by atoms with Crippen LogP contribution in [0.3, 0.4) is 0 Å². The molecule has 0 aliphatic rings. The van der Waals surface area contributed by atoms with Gasteiger partial charge in [-0.3, -0.25) is 4.79 Å². The van der Waals surface area contributed by atoms with Crippen LogP contribution in [0.1, 0.15) is 58.8 Å². The number of hydrogen-bond acceptors (Lipinski definition) is 4. The number of rotatable bonds is 10. The van der Waals surface area contributed by atoms with Crippen molar-refractivity contribution < 1.29 is 9.53 Å². The molecule has 23 heavy (non-hydrogen) atoms. The van der Waals surface area contributed by atoms with Gasteiger partial charge in [-0.25, -0.2) is 4.98 Å². The highest BCUT2D eigenvalue weighted by molar-refractivity contribution is 7.22. The average Bonchev–Trinajstić information content (AvgIpc) is 2.92. The molecule has 0 spiro atoms. The molecule has 0 saturated heterocycles. The predicted octanol–water partition coefficient (Wildman–Crippen LogP) is 5.38. The number of hydrogen-bond donors (Lipinski definition) is 1. The van der Waals surface area contributed by atoms with Gasteiger partial charge in [0, 0.05) is 6.42 Å². The standard InChI is InChI=1S/C18H26N2O2S/c1-3-5-6-7-8-9-10-17(21)20-18-19-15-12-11-14(22-4-2)13-16(15)23-18/h11-13H,3-10H2,1-2H3,(H,19,20,21). The molecule has 1 aromatic carbocycles. The maximum atomic E-state index is 12.0. The van der Waals surface area contributed by atoms with Gasteiger partial charge in [0.05, 0.1) is 16.8 Å². The van der Waals surface area contributed by atoms with Crippen LogP contribution >= 0.6 is 11.3 Å². The first kappa shape index (κ1) is 17.7. The van der Waals surface area contributed by atoms with Crippen LogP contribution in [0.2, 0.25) is 0 Å². The van der Waals surface area contributed by atoms with Crippen molar-refractivity contribution >= 4 is 32.6 Å². The lowest BCUT2D eigenvalue weighted by molar-refractivity contribution is -0.116. The topological polar surface area (TPSA) is 51.2 Å². The SMILES string of the molecule is CCCCCCCCC(=O)Nc1nc2ccc(OCC)cc2s1. The Kier molecular flexibility index (Phi) is 7.33. The van der Waals surface area contributed by atoms with Crippen molar-refractivity contribution in [2.24, 2.45) is 0 Å². The quantitative estimate of drug-likeness (QED) is 0.593. The molecule has 0 aliphatic carbocycles. The summed E-state index contributed by atoms with van der Waals surface area (Å²) in [5, 5.41) is 3.58. The smallest absolute Gasteiger partial charge is 0.226 e. The highest BCUT2D eigenvalue weighted by Gasteiger charge is 2.08. The molecular weight excluding hydrogens is 308 g/mol. The molecule has 1 amide bonds. The Labute approximate surface area is 142 Å². The molecule has 1 heterocycles. The molecule has 5 heteroatoms. The minimum absolute atomic E-state index is 0.0598. The molecule has 1 N–H and O–H groups in total. The summed E-state index contributed by atoms with van der Waals surface area (Å²) in [5.74, 6) is 0.901. The van der Waals surface area contributed by atoms with Gasteiger partial charge in [-0.2, -0.15) is 0 Å². The number of thiazole rings is 1. The number of benzene rings is 1. The minimum Gasteiger partial charge on any atom is -0.494 e. The number of carbonyl (C=O) groups is 1. The fraction of sp³-hybridized carbons (Fsp3) is 0.556. The Morgan fingerprint density at radius 2 is 1.96 bits per heavy atom. The molecule has 0 saturated carbocycles. The average molecular weight is 334 g/mol. The molecule has 126 valence electrons. The van der Waals surface area contributed by atoms with Crippen LogP contribution in [0.4, 0.5) is 5.13 Å². The van der Waals surface area contributed by atoms with E-state index in [0.29, 0.717) is 18.2 Å². The van der Waals surface area contributed by atoms with Gasteiger partial charge in [0.25, 0.3) is 0 Å². The summed E-state index contributed by atoms with van der Waals surface area (Å²) in [6.07, 6.45) is 7.71. The molecule has 0 fully saturated rings. The van der Waals surface area contributed by atoms with Crippen LogP contribution in [-0.2, 0) is 4.79 Å². The number of nitrogens with one attached hydrogen (secondary N) is 1. The lowest BCUT2D eigenvalue weighted by Gasteiger charge is -2.01. The second kappa shape index (κ2) is 9.50. The van der Waals surface area contributed by atoms with Crippen molar-refractivity contribution in [3.05, 3.63) is 18.2 Å². The number of carbonyl (C=O) groups excluding carboxylic acids is 1. The van der Waals surface area contributed by atoms with Crippen molar-refractivity contribution in [2.45, 2.75) is 58.8 Å². The third kappa shape index (κ3) is 5.82. The predicted molar refractivity (Wildman–Crippen MR) is 97.4 cm³/mol. The van der Waals surface area contributed by atoms with Crippen molar-refractivity contribution in [1.82, 2.24) is 4.98 Å². The van der Waals surface area contributed by atoms with Crippen molar-refractivity contribution in [3.63, 3.8) is 0 Å². The molecule has 2 aromatic rings. The van der Waals surface area contributed by atoms with Gasteiger partial charge in [-0.1, -0.05) is 50.4 Å². The lowest BCUT2D eigenvalue weighted by Crippen LogP contribution is -2.10. The fourth-order valence-corrected chi connectivity index (χ4v) is 3.37. The zero-order valence-electron chi connectivity index (χ0n) is 14.1. The summed E-state index contributed by atoms with van der Waals surface area (Å²) >= 11 is 1.49. The lowest BCUT2D eigenvalue weighted by atomic mass is 10.1. The summed E-state index contributed by atoms with van der Waals surface area (Å²) in [5.41, 5.74) is 0.897. The summed E-state index contributed by atoms with van der Waals surface area (Å²) < 4.78 is 6.52. The van der Waals surface area contributed by atoms with Crippen LogP contribution in [0.25, 0.3) is 10.2 Å². The van der Waals surface area contributed by atoms with E-state index < -0.39 is 0 Å². The van der Waals surface area contributed by atoms with Gasteiger partial charge >= 0.3 is 0 Å².